The molecule has 0 spiro atoms. The largest absolute Gasteiger partial charge is 0.329 e. The Morgan fingerprint density at radius 2 is 1.85 bits per heavy atom. The molecule has 2 aliphatic rings. The van der Waals surface area contributed by atoms with Crippen LogP contribution in [-0.4, -0.2) is 30.1 Å². The van der Waals surface area contributed by atoms with Crippen molar-refractivity contribution in [1.29, 1.82) is 0 Å². The lowest BCUT2D eigenvalue weighted by atomic mass is 9.71. The molecule has 1 saturated carbocycles. The Bertz CT molecular complexity index is 292. The highest BCUT2D eigenvalue weighted by Gasteiger charge is 2.42. The van der Waals surface area contributed by atoms with Gasteiger partial charge in [0.2, 0.25) is 0 Å². The van der Waals surface area contributed by atoms with Gasteiger partial charge >= 0.3 is 0 Å². The molecule has 0 aromatic rings. The Morgan fingerprint density at radius 1 is 1.20 bits per heavy atom. The zero-order valence-electron chi connectivity index (χ0n) is 14.2. The van der Waals surface area contributed by atoms with Gasteiger partial charge in [-0.25, -0.2) is 0 Å². The van der Waals surface area contributed by atoms with Crippen LogP contribution in [0.2, 0.25) is 0 Å². The number of piperidine rings is 1. The Hall–Kier alpha value is -0.0800. The van der Waals surface area contributed by atoms with E-state index >= 15 is 0 Å². The summed E-state index contributed by atoms with van der Waals surface area (Å²) < 4.78 is 0. The van der Waals surface area contributed by atoms with Crippen molar-refractivity contribution in [2.75, 3.05) is 19.6 Å². The molecule has 0 bridgehead atoms. The molecule has 2 N–H and O–H groups in total. The molecule has 1 aliphatic carbocycles. The average molecular weight is 281 g/mol. The van der Waals surface area contributed by atoms with Gasteiger partial charge in [0.05, 0.1) is 0 Å². The molecule has 1 heterocycles. The summed E-state index contributed by atoms with van der Waals surface area (Å²) in [7, 11) is 0. The maximum absolute atomic E-state index is 6.31. The van der Waals surface area contributed by atoms with Crippen molar-refractivity contribution >= 4 is 0 Å². The maximum Gasteiger partial charge on any atom is 0.0334 e. The molecule has 0 radical (unpaired) electrons. The Labute approximate surface area is 126 Å². The third-order valence-electron chi connectivity index (χ3n) is 5.65. The number of hydrogen-bond donors (Lipinski definition) is 1. The molecule has 20 heavy (non-hydrogen) atoms. The van der Waals surface area contributed by atoms with Crippen LogP contribution in [0.25, 0.3) is 0 Å². The molecule has 0 aromatic heterocycles. The van der Waals surface area contributed by atoms with Crippen molar-refractivity contribution in [3.8, 4) is 0 Å². The van der Waals surface area contributed by atoms with Gasteiger partial charge in [-0.3, -0.25) is 4.90 Å². The van der Waals surface area contributed by atoms with E-state index < -0.39 is 0 Å². The van der Waals surface area contributed by atoms with Crippen LogP contribution in [-0.2, 0) is 0 Å². The molecule has 2 heteroatoms. The molecule has 4 unspecified atom stereocenters. The van der Waals surface area contributed by atoms with Crippen molar-refractivity contribution < 1.29 is 0 Å². The topological polar surface area (TPSA) is 29.3 Å². The number of nitrogens with two attached hydrogens (primary N) is 1. The van der Waals surface area contributed by atoms with Crippen LogP contribution >= 0.6 is 0 Å². The fourth-order valence-corrected chi connectivity index (χ4v) is 4.98. The third kappa shape index (κ3) is 3.76. The summed E-state index contributed by atoms with van der Waals surface area (Å²) >= 11 is 0. The molecule has 1 aliphatic heterocycles. The monoisotopic (exact) mass is 280 g/mol. The molecule has 2 rings (SSSR count). The maximum atomic E-state index is 6.31. The van der Waals surface area contributed by atoms with E-state index in [1.165, 1.54) is 51.6 Å². The third-order valence-corrected chi connectivity index (χ3v) is 5.65. The Kier molecular flexibility index (Phi) is 5.53. The lowest BCUT2D eigenvalue weighted by Gasteiger charge is -2.52. The van der Waals surface area contributed by atoms with Crippen molar-refractivity contribution in [3.05, 3.63) is 0 Å². The summed E-state index contributed by atoms with van der Waals surface area (Å²) in [6.45, 7) is 13.0. The summed E-state index contributed by atoms with van der Waals surface area (Å²) in [6, 6.07) is 0. The van der Waals surface area contributed by atoms with Crippen LogP contribution in [0.1, 0.15) is 66.2 Å². The van der Waals surface area contributed by atoms with Crippen molar-refractivity contribution in [1.82, 2.24) is 4.90 Å². The van der Waals surface area contributed by atoms with Gasteiger partial charge in [-0.2, -0.15) is 0 Å². The quantitative estimate of drug-likeness (QED) is 0.846. The van der Waals surface area contributed by atoms with Crippen LogP contribution in [0.4, 0.5) is 0 Å². The van der Waals surface area contributed by atoms with Crippen LogP contribution in [0, 0.1) is 23.7 Å². The zero-order chi connectivity index (χ0) is 14.8. The molecular weight excluding hydrogens is 244 g/mol. The minimum absolute atomic E-state index is 0.320. The van der Waals surface area contributed by atoms with Gasteiger partial charge in [-0.1, -0.05) is 40.5 Å². The summed E-state index contributed by atoms with van der Waals surface area (Å²) in [5.41, 5.74) is 6.63. The van der Waals surface area contributed by atoms with Gasteiger partial charge in [0.25, 0.3) is 0 Å². The number of rotatable bonds is 4. The number of nitrogens with zero attached hydrogens (tertiary/aromatic N) is 1. The van der Waals surface area contributed by atoms with Crippen molar-refractivity contribution in [2.45, 2.75) is 71.8 Å². The van der Waals surface area contributed by atoms with Gasteiger partial charge in [-0.15, -0.1) is 0 Å². The first kappa shape index (κ1) is 16.3. The Balaban J connectivity index is 2.07. The molecule has 4 atom stereocenters. The van der Waals surface area contributed by atoms with Crippen LogP contribution in [0.5, 0.6) is 0 Å². The predicted molar refractivity (Wildman–Crippen MR) is 87.7 cm³/mol. The summed E-state index contributed by atoms with van der Waals surface area (Å²) in [4.78, 5) is 2.79. The summed E-state index contributed by atoms with van der Waals surface area (Å²) in [6.07, 6.45) is 8.28. The van der Waals surface area contributed by atoms with Gasteiger partial charge < -0.3 is 5.73 Å². The van der Waals surface area contributed by atoms with E-state index in [9.17, 15) is 0 Å². The molecule has 1 saturated heterocycles. The van der Waals surface area contributed by atoms with E-state index in [4.69, 9.17) is 5.73 Å². The highest BCUT2D eigenvalue weighted by atomic mass is 15.2. The van der Waals surface area contributed by atoms with Gasteiger partial charge in [-0.05, 0) is 49.4 Å². The van der Waals surface area contributed by atoms with Gasteiger partial charge in [0.1, 0.15) is 0 Å². The second kappa shape index (κ2) is 6.79. The lowest BCUT2D eigenvalue weighted by Crippen LogP contribution is -2.60. The molecule has 0 amide bonds. The smallest absolute Gasteiger partial charge is 0.0334 e. The highest BCUT2D eigenvalue weighted by Crippen LogP contribution is 2.41. The number of hydrogen-bond acceptors (Lipinski definition) is 2. The van der Waals surface area contributed by atoms with E-state index in [0.29, 0.717) is 5.54 Å². The van der Waals surface area contributed by atoms with Gasteiger partial charge in [0.15, 0.2) is 0 Å². The highest BCUT2D eigenvalue weighted by molar-refractivity contribution is 4.98. The molecular formula is C18H36N2. The average Bonchev–Trinajstić information content (AvgIpc) is 2.37. The van der Waals surface area contributed by atoms with E-state index in [1.54, 1.807) is 0 Å². The van der Waals surface area contributed by atoms with E-state index in [2.05, 4.69) is 32.6 Å². The molecule has 2 nitrogen and oxygen atoms in total. The summed E-state index contributed by atoms with van der Waals surface area (Å²) in [5, 5.41) is 0. The lowest BCUT2D eigenvalue weighted by molar-refractivity contribution is -0.0116. The van der Waals surface area contributed by atoms with Gasteiger partial charge in [0, 0.05) is 25.2 Å². The molecule has 118 valence electrons. The van der Waals surface area contributed by atoms with E-state index in [0.717, 1.165) is 30.2 Å². The van der Waals surface area contributed by atoms with Crippen molar-refractivity contribution in [3.63, 3.8) is 0 Å². The first-order valence-corrected chi connectivity index (χ1v) is 8.90. The number of likely N-dealkylation sites (tertiary alicyclic amines) is 1. The second-order valence-corrected chi connectivity index (χ2v) is 8.37. The zero-order valence-corrected chi connectivity index (χ0v) is 14.2. The van der Waals surface area contributed by atoms with E-state index in [-0.39, 0.29) is 0 Å². The van der Waals surface area contributed by atoms with Crippen LogP contribution < -0.4 is 5.73 Å². The first-order valence-electron chi connectivity index (χ1n) is 8.90. The fraction of sp³-hybridized carbons (Fsp3) is 1.00. The standard InChI is InChI=1S/C18H36N2/c1-14(2)8-17-6-5-7-18(10-17,13-19)20-11-15(3)9-16(4)12-20/h14-17H,5-13,19H2,1-4H3. The first-order chi connectivity index (χ1) is 9.45. The predicted octanol–water partition coefficient (Wildman–Crippen LogP) is 3.90. The molecule has 0 aromatic carbocycles. The second-order valence-electron chi connectivity index (χ2n) is 8.37. The molecule has 2 fully saturated rings. The van der Waals surface area contributed by atoms with E-state index in [1.807, 2.05) is 0 Å². The SMILES string of the molecule is CC(C)CC1CCCC(CN)(N2CC(C)CC(C)C2)C1. The Morgan fingerprint density at radius 3 is 2.40 bits per heavy atom. The van der Waals surface area contributed by atoms with Crippen LogP contribution in [0.15, 0.2) is 0 Å². The minimum Gasteiger partial charge on any atom is -0.329 e. The van der Waals surface area contributed by atoms with Crippen molar-refractivity contribution in [2.24, 2.45) is 29.4 Å². The summed E-state index contributed by atoms with van der Waals surface area (Å²) in [5.74, 6) is 3.41. The fourth-order valence-electron chi connectivity index (χ4n) is 4.98. The minimum atomic E-state index is 0.320. The normalized spacial score (nSPS) is 40.2. The van der Waals surface area contributed by atoms with Crippen LogP contribution in [0.3, 0.4) is 0 Å².